The minimum atomic E-state index is -0.113. The Labute approximate surface area is 211 Å². The van der Waals surface area contributed by atoms with E-state index in [1.165, 1.54) is 64.2 Å². The van der Waals surface area contributed by atoms with Crippen LogP contribution in [0.1, 0.15) is 133 Å². The molecule has 0 amide bonds. The highest BCUT2D eigenvalue weighted by Gasteiger charge is 2.63. The molecule has 0 N–H and O–H groups in total. The minimum absolute atomic E-state index is 0.0436. The Morgan fingerprint density at radius 2 is 1.62 bits per heavy atom. The quantitative estimate of drug-likeness (QED) is 0.286. The first kappa shape index (κ1) is 26.3. The maximum atomic E-state index is 11.8. The van der Waals surface area contributed by atoms with Crippen LogP contribution in [0.3, 0.4) is 0 Å². The first-order valence-corrected chi connectivity index (χ1v) is 14.7. The Kier molecular flexibility index (Phi) is 6.92. The highest BCUT2D eigenvalue weighted by molar-refractivity contribution is 5.66. The summed E-state index contributed by atoms with van der Waals surface area (Å²) >= 11 is 0. The van der Waals surface area contributed by atoms with E-state index in [9.17, 15) is 4.79 Å². The van der Waals surface area contributed by atoms with Gasteiger partial charge in [-0.1, -0.05) is 85.8 Å². The van der Waals surface area contributed by atoms with Gasteiger partial charge in [-0.25, -0.2) is 0 Å². The molecule has 0 aliphatic heterocycles. The van der Waals surface area contributed by atoms with Gasteiger partial charge in [0.15, 0.2) is 0 Å². The molecule has 34 heavy (non-hydrogen) atoms. The Morgan fingerprint density at radius 1 is 0.912 bits per heavy atom. The molecule has 4 aliphatic rings. The monoisotopic (exact) mass is 470 g/mol. The van der Waals surface area contributed by atoms with Gasteiger partial charge in [-0.15, -0.1) is 0 Å². The largest absolute Gasteiger partial charge is 0.462 e. The van der Waals surface area contributed by atoms with Crippen molar-refractivity contribution in [1.29, 1.82) is 0 Å². The maximum Gasteiger partial charge on any atom is 0.302 e. The van der Waals surface area contributed by atoms with Gasteiger partial charge >= 0.3 is 5.97 Å². The van der Waals surface area contributed by atoms with Crippen LogP contribution in [0.2, 0.25) is 0 Å². The zero-order valence-corrected chi connectivity index (χ0v) is 24.0. The number of esters is 1. The third kappa shape index (κ3) is 3.92. The van der Waals surface area contributed by atoms with E-state index in [4.69, 9.17) is 4.74 Å². The van der Waals surface area contributed by atoms with Gasteiger partial charge in [0.2, 0.25) is 0 Å². The summed E-state index contributed by atoms with van der Waals surface area (Å²) in [6.45, 7) is 21.6. The van der Waals surface area contributed by atoms with Crippen LogP contribution in [-0.4, -0.2) is 12.1 Å². The van der Waals surface area contributed by atoms with Crippen molar-refractivity contribution < 1.29 is 9.53 Å². The second-order valence-electron chi connectivity index (χ2n) is 14.6. The third-order valence-corrected chi connectivity index (χ3v) is 12.2. The number of allylic oxidation sites excluding steroid dienone is 2. The Hall–Kier alpha value is -0.790. The summed E-state index contributed by atoms with van der Waals surface area (Å²) in [5.74, 6) is 3.04. The van der Waals surface area contributed by atoms with Crippen molar-refractivity contribution in [3.8, 4) is 0 Å². The predicted molar refractivity (Wildman–Crippen MR) is 142 cm³/mol. The van der Waals surface area contributed by atoms with Gasteiger partial charge < -0.3 is 4.74 Å². The van der Waals surface area contributed by atoms with Gasteiger partial charge in [-0.2, -0.15) is 0 Å². The second-order valence-corrected chi connectivity index (χ2v) is 14.6. The summed E-state index contributed by atoms with van der Waals surface area (Å²) in [4.78, 5) is 11.8. The fourth-order valence-electron chi connectivity index (χ4n) is 10.1. The van der Waals surface area contributed by atoms with Crippen molar-refractivity contribution in [2.45, 2.75) is 139 Å². The Morgan fingerprint density at radius 3 is 2.26 bits per heavy atom. The summed E-state index contributed by atoms with van der Waals surface area (Å²) in [5, 5.41) is 0. The van der Waals surface area contributed by atoms with E-state index in [0.717, 1.165) is 24.2 Å². The number of ether oxygens (including phenoxy) is 1. The molecule has 4 rings (SSSR count). The number of fused-ring (bicyclic) bond motifs is 4. The first-order valence-electron chi connectivity index (χ1n) is 14.7. The number of hydrogen-bond donors (Lipinski definition) is 0. The maximum absolute atomic E-state index is 11.8. The van der Waals surface area contributed by atoms with Crippen LogP contribution in [0.25, 0.3) is 0 Å². The summed E-state index contributed by atoms with van der Waals surface area (Å²) in [5.41, 5.74) is 4.87. The summed E-state index contributed by atoms with van der Waals surface area (Å²) in [7, 11) is 0. The molecule has 0 aromatic heterocycles. The van der Waals surface area contributed by atoms with Crippen LogP contribution in [0.5, 0.6) is 0 Å². The van der Waals surface area contributed by atoms with Crippen LogP contribution in [0, 0.1) is 45.3 Å². The molecule has 2 heteroatoms. The molecule has 4 aliphatic carbocycles. The highest BCUT2D eigenvalue weighted by atomic mass is 16.5. The van der Waals surface area contributed by atoms with Crippen LogP contribution in [0.15, 0.2) is 11.1 Å². The van der Waals surface area contributed by atoms with Crippen molar-refractivity contribution in [1.82, 2.24) is 0 Å². The SMILES string of the molecule is CC(=O)O[C@H]1CCC2(C)C3=C(CCC2C1(C)C)C1(C)CCC([C@@H](C)CCCC(C)C)C1(C)CC3. The van der Waals surface area contributed by atoms with Gasteiger partial charge in [0.25, 0.3) is 0 Å². The molecule has 0 heterocycles. The van der Waals surface area contributed by atoms with Gasteiger partial charge in [0.05, 0.1) is 0 Å². The number of rotatable bonds is 6. The number of hydrogen-bond acceptors (Lipinski definition) is 2. The molecule has 5 unspecified atom stereocenters. The zero-order valence-electron chi connectivity index (χ0n) is 24.0. The normalized spacial score (nSPS) is 42.1. The number of carbonyl (C=O) groups excluding carboxylic acids is 1. The van der Waals surface area contributed by atoms with Crippen molar-refractivity contribution in [3.63, 3.8) is 0 Å². The highest BCUT2D eigenvalue weighted by Crippen LogP contribution is 2.72. The summed E-state index contributed by atoms with van der Waals surface area (Å²) in [6, 6.07) is 0. The van der Waals surface area contributed by atoms with Gasteiger partial charge in [-0.3, -0.25) is 4.79 Å². The lowest BCUT2D eigenvalue weighted by Crippen LogP contribution is -2.55. The van der Waals surface area contributed by atoms with E-state index in [1.54, 1.807) is 6.92 Å². The van der Waals surface area contributed by atoms with Crippen molar-refractivity contribution >= 4 is 5.97 Å². The van der Waals surface area contributed by atoms with Gasteiger partial charge in [0, 0.05) is 12.3 Å². The average molecular weight is 471 g/mol. The van der Waals surface area contributed by atoms with E-state index in [1.807, 2.05) is 11.1 Å². The zero-order chi connectivity index (χ0) is 25.1. The summed E-state index contributed by atoms with van der Waals surface area (Å²) < 4.78 is 5.87. The molecule has 0 aromatic carbocycles. The van der Waals surface area contributed by atoms with Crippen molar-refractivity contribution in [3.05, 3.63) is 11.1 Å². The van der Waals surface area contributed by atoms with Crippen LogP contribution < -0.4 is 0 Å². The minimum Gasteiger partial charge on any atom is -0.462 e. The lowest BCUT2D eigenvalue weighted by Gasteiger charge is -2.62. The van der Waals surface area contributed by atoms with Gasteiger partial charge in [-0.05, 0) is 91.3 Å². The third-order valence-electron chi connectivity index (χ3n) is 12.2. The molecule has 0 saturated heterocycles. The molecule has 2 nitrogen and oxygen atoms in total. The molecular formula is C32H54O2. The van der Waals surface area contributed by atoms with E-state index < -0.39 is 0 Å². The first-order chi connectivity index (χ1) is 15.8. The van der Waals surface area contributed by atoms with E-state index in [0.29, 0.717) is 16.7 Å². The fraction of sp³-hybridized carbons (Fsp3) is 0.906. The predicted octanol–water partition coefficient (Wildman–Crippen LogP) is 9.13. The Bertz CT molecular complexity index is 821. The molecule has 0 radical (unpaired) electrons. The molecular weight excluding hydrogens is 416 g/mol. The molecule has 7 atom stereocenters. The molecule has 2 fully saturated rings. The van der Waals surface area contributed by atoms with Crippen LogP contribution in [-0.2, 0) is 9.53 Å². The number of carbonyl (C=O) groups is 1. The van der Waals surface area contributed by atoms with Crippen molar-refractivity contribution in [2.75, 3.05) is 0 Å². The van der Waals surface area contributed by atoms with Gasteiger partial charge in [0.1, 0.15) is 6.10 Å². The molecule has 194 valence electrons. The second kappa shape index (κ2) is 8.95. The summed E-state index contributed by atoms with van der Waals surface area (Å²) in [6.07, 6.45) is 14.5. The molecule has 0 aromatic rings. The lowest BCUT2D eigenvalue weighted by atomic mass is 9.43. The van der Waals surface area contributed by atoms with E-state index in [-0.39, 0.29) is 22.9 Å². The standard InChI is InChI=1S/C32H54O2/c1-21(2)11-10-12-22(3)24-15-19-32(9)26-13-14-27-29(5,6)28(34-23(4)33)17-18-30(27,7)25(26)16-20-31(24,32)8/h21-22,24,27-28H,10-20H2,1-9H3/t22-,24?,27?,28-,30?,31?,32?/m0/s1. The topological polar surface area (TPSA) is 26.3 Å². The molecule has 2 saturated carbocycles. The smallest absolute Gasteiger partial charge is 0.302 e. The fourth-order valence-corrected chi connectivity index (χ4v) is 10.1. The Balaban J connectivity index is 1.61. The van der Waals surface area contributed by atoms with Crippen LogP contribution >= 0.6 is 0 Å². The van der Waals surface area contributed by atoms with E-state index in [2.05, 4.69) is 55.4 Å². The van der Waals surface area contributed by atoms with E-state index >= 15 is 0 Å². The molecule has 0 bridgehead atoms. The lowest BCUT2D eigenvalue weighted by molar-refractivity contribution is -0.167. The molecule has 0 spiro atoms. The average Bonchev–Trinajstić information content (AvgIpc) is 3.01. The van der Waals surface area contributed by atoms with Crippen molar-refractivity contribution in [2.24, 2.45) is 45.3 Å². The van der Waals surface area contributed by atoms with Crippen LogP contribution in [0.4, 0.5) is 0 Å².